The van der Waals surface area contributed by atoms with Gasteiger partial charge in [0.25, 0.3) is 0 Å². The van der Waals surface area contributed by atoms with Gasteiger partial charge in [-0.2, -0.15) is 10.1 Å². The fourth-order valence-corrected chi connectivity index (χ4v) is 2.48. The molecule has 1 atom stereocenters. The molecule has 0 fully saturated rings. The predicted octanol–water partition coefficient (Wildman–Crippen LogP) is 3.14. The maximum Gasteiger partial charge on any atom is 0.232 e. The van der Waals surface area contributed by atoms with Crippen LogP contribution in [0.25, 0.3) is 5.69 Å². The van der Waals surface area contributed by atoms with E-state index in [1.807, 2.05) is 12.1 Å². The van der Waals surface area contributed by atoms with Crippen LogP contribution in [0.15, 0.2) is 41.4 Å². The summed E-state index contributed by atoms with van der Waals surface area (Å²) >= 11 is 0. The van der Waals surface area contributed by atoms with E-state index >= 15 is 0 Å². The van der Waals surface area contributed by atoms with E-state index in [0.29, 0.717) is 18.3 Å². The molecule has 2 heterocycles. The first-order valence-electron chi connectivity index (χ1n) is 8.33. The molecule has 0 spiro atoms. The maximum atomic E-state index is 5.37. The highest BCUT2D eigenvalue weighted by atomic mass is 16.5. The molecule has 0 amide bonds. The molecule has 3 aromatic rings. The van der Waals surface area contributed by atoms with Crippen molar-refractivity contribution in [1.29, 1.82) is 0 Å². The van der Waals surface area contributed by atoms with Crippen LogP contribution in [0.2, 0.25) is 0 Å². The zero-order valence-electron chi connectivity index (χ0n) is 15.3. The molecule has 0 radical (unpaired) electrons. The fourth-order valence-electron chi connectivity index (χ4n) is 2.48. The fraction of sp³-hybridized carbons (Fsp3) is 0.444. The van der Waals surface area contributed by atoms with Crippen LogP contribution in [0.4, 0.5) is 0 Å². The molecular weight excluding hydrogens is 316 g/mol. The lowest BCUT2D eigenvalue weighted by Gasteiger charge is -2.23. The predicted molar refractivity (Wildman–Crippen MR) is 94.2 cm³/mol. The minimum atomic E-state index is -0.132. The first-order valence-corrected chi connectivity index (χ1v) is 8.33. The molecule has 0 saturated carbocycles. The highest BCUT2D eigenvalue weighted by Gasteiger charge is 2.23. The zero-order chi connectivity index (χ0) is 18.0. The second-order valence-electron chi connectivity index (χ2n) is 7.29. The van der Waals surface area contributed by atoms with E-state index in [1.54, 1.807) is 11.0 Å². The normalized spacial score (nSPS) is 13.4. The Kier molecular flexibility index (Phi) is 4.67. The molecule has 0 aliphatic rings. The quantitative estimate of drug-likeness (QED) is 0.710. The molecule has 132 valence electrons. The Morgan fingerprint density at radius 1 is 1.20 bits per heavy atom. The van der Waals surface area contributed by atoms with Gasteiger partial charge in [-0.3, -0.25) is 4.90 Å². The third-order valence-corrected chi connectivity index (χ3v) is 4.22. The van der Waals surface area contributed by atoms with Gasteiger partial charge in [0.15, 0.2) is 5.82 Å². The number of rotatable bonds is 5. The standard InChI is InChI=1S/C18H24N6O/c1-13(14-6-8-15(9-7-14)24-12-19-11-20-24)23(5)10-16-21-17(25-22-16)18(2,3)4/h6-9,11-13H,10H2,1-5H3/t13-/m0/s1. The Balaban J connectivity index is 1.67. The molecule has 0 bridgehead atoms. The van der Waals surface area contributed by atoms with Gasteiger partial charge in [0.1, 0.15) is 12.7 Å². The Morgan fingerprint density at radius 3 is 2.48 bits per heavy atom. The summed E-state index contributed by atoms with van der Waals surface area (Å²) in [6, 6.07) is 8.52. The Hall–Kier alpha value is -2.54. The first-order chi connectivity index (χ1) is 11.8. The van der Waals surface area contributed by atoms with Crippen LogP contribution in [-0.2, 0) is 12.0 Å². The molecule has 7 nitrogen and oxygen atoms in total. The average molecular weight is 340 g/mol. The summed E-state index contributed by atoms with van der Waals surface area (Å²) in [4.78, 5) is 10.7. The second-order valence-corrected chi connectivity index (χ2v) is 7.29. The monoisotopic (exact) mass is 340 g/mol. The lowest BCUT2D eigenvalue weighted by molar-refractivity contribution is 0.241. The van der Waals surface area contributed by atoms with Crippen molar-refractivity contribution in [1.82, 2.24) is 29.8 Å². The third-order valence-electron chi connectivity index (χ3n) is 4.22. The van der Waals surface area contributed by atoms with Crippen molar-refractivity contribution in [3.63, 3.8) is 0 Å². The summed E-state index contributed by atoms with van der Waals surface area (Å²) in [6.45, 7) is 8.98. The van der Waals surface area contributed by atoms with Crippen molar-refractivity contribution in [2.45, 2.75) is 45.7 Å². The molecule has 2 aromatic heterocycles. The Bertz CT molecular complexity index is 801. The summed E-state index contributed by atoms with van der Waals surface area (Å²) in [5.41, 5.74) is 2.07. The van der Waals surface area contributed by atoms with Crippen LogP contribution >= 0.6 is 0 Å². The van der Waals surface area contributed by atoms with Gasteiger partial charge in [-0.15, -0.1) is 0 Å². The molecule has 0 unspecified atom stereocenters. The summed E-state index contributed by atoms with van der Waals surface area (Å²) in [7, 11) is 2.06. The van der Waals surface area contributed by atoms with Gasteiger partial charge < -0.3 is 4.52 Å². The van der Waals surface area contributed by atoms with Crippen molar-refractivity contribution in [3.05, 3.63) is 54.2 Å². The number of benzene rings is 1. The zero-order valence-corrected chi connectivity index (χ0v) is 15.3. The van der Waals surface area contributed by atoms with Gasteiger partial charge in [-0.1, -0.05) is 38.1 Å². The third kappa shape index (κ3) is 3.93. The van der Waals surface area contributed by atoms with Gasteiger partial charge in [0, 0.05) is 11.5 Å². The second kappa shape index (κ2) is 6.76. The first kappa shape index (κ1) is 17.3. The van der Waals surface area contributed by atoms with Crippen LogP contribution < -0.4 is 0 Å². The molecule has 25 heavy (non-hydrogen) atoms. The maximum absolute atomic E-state index is 5.37. The van der Waals surface area contributed by atoms with E-state index in [4.69, 9.17) is 4.52 Å². The van der Waals surface area contributed by atoms with Crippen LogP contribution in [0.5, 0.6) is 0 Å². The smallest absolute Gasteiger partial charge is 0.232 e. The van der Waals surface area contributed by atoms with Gasteiger partial charge in [-0.05, 0) is 31.7 Å². The topological polar surface area (TPSA) is 72.9 Å². The molecular formula is C18H24N6O. The van der Waals surface area contributed by atoms with E-state index in [2.05, 4.69) is 72.0 Å². The number of nitrogens with zero attached hydrogens (tertiary/aromatic N) is 6. The van der Waals surface area contributed by atoms with E-state index in [9.17, 15) is 0 Å². The lowest BCUT2D eigenvalue weighted by atomic mass is 9.97. The largest absolute Gasteiger partial charge is 0.339 e. The van der Waals surface area contributed by atoms with Gasteiger partial charge in [0.05, 0.1) is 12.2 Å². The van der Waals surface area contributed by atoms with Crippen molar-refractivity contribution in [2.75, 3.05) is 7.05 Å². The van der Waals surface area contributed by atoms with E-state index in [0.717, 1.165) is 5.69 Å². The van der Waals surface area contributed by atoms with E-state index in [1.165, 1.54) is 11.9 Å². The van der Waals surface area contributed by atoms with E-state index in [-0.39, 0.29) is 11.5 Å². The summed E-state index contributed by atoms with van der Waals surface area (Å²) < 4.78 is 7.11. The molecule has 0 N–H and O–H groups in total. The molecule has 0 aliphatic heterocycles. The van der Waals surface area contributed by atoms with Gasteiger partial charge in [0.2, 0.25) is 5.89 Å². The minimum Gasteiger partial charge on any atom is -0.339 e. The van der Waals surface area contributed by atoms with Gasteiger partial charge >= 0.3 is 0 Å². The summed E-state index contributed by atoms with van der Waals surface area (Å²) in [5.74, 6) is 1.37. The molecule has 3 rings (SSSR count). The summed E-state index contributed by atoms with van der Waals surface area (Å²) in [5, 5.41) is 8.24. The number of hydrogen-bond donors (Lipinski definition) is 0. The number of aromatic nitrogens is 5. The highest BCUT2D eigenvalue weighted by Crippen LogP contribution is 2.23. The van der Waals surface area contributed by atoms with E-state index < -0.39 is 0 Å². The Labute approximate surface area is 147 Å². The van der Waals surface area contributed by atoms with Crippen molar-refractivity contribution in [2.24, 2.45) is 0 Å². The average Bonchev–Trinajstić information content (AvgIpc) is 3.25. The van der Waals surface area contributed by atoms with Crippen LogP contribution in [0, 0.1) is 0 Å². The minimum absolute atomic E-state index is 0.132. The van der Waals surface area contributed by atoms with Crippen LogP contribution in [0.3, 0.4) is 0 Å². The highest BCUT2D eigenvalue weighted by molar-refractivity contribution is 5.34. The van der Waals surface area contributed by atoms with Crippen molar-refractivity contribution >= 4 is 0 Å². The Morgan fingerprint density at radius 2 is 1.92 bits per heavy atom. The molecule has 0 aliphatic carbocycles. The molecule has 0 saturated heterocycles. The van der Waals surface area contributed by atoms with Gasteiger partial charge in [-0.25, -0.2) is 9.67 Å². The SMILES string of the molecule is C[C@@H](c1ccc(-n2cncn2)cc1)N(C)Cc1noc(C(C)(C)C)n1. The molecule has 7 heteroatoms. The number of hydrogen-bond acceptors (Lipinski definition) is 6. The van der Waals surface area contributed by atoms with Crippen LogP contribution in [-0.4, -0.2) is 36.9 Å². The lowest BCUT2D eigenvalue weighted by Crippen LogP contribution is -2.22. The van der Waals surface area contributed by atoms with Crippen molar-refractivity contribution in [3.8, 4) is 5.69 Å². The van der Waals surface area contributed by atoms with Crippen molar-refractivity contribution < 1.29 is 4.52 Å². The van der Waals surface area contributed by atoms with Crippen LogP contribution in [0.1, 0.15) is 51.0 Å². The summed E-state index contributed by atoms with van der Waals surface area (Å²) in [6.07, 6.45) is 3.22. The molecule has 1 aromatic carbocycles.